The molecule has 1 aromatic heterocycles. The maximum absolute atomic E-state index is 12.1. The number of rotatable bonds is 4. The fourth-order valence-electron chi connectivity index (χ4n) is 2.65. The Morgan fingerprint density at radius 2 is 1.85 bits per heavy atom. The minimum atomic E-state index is -0.534. The van der Waals surface area contributed by atoms with E-state index in [4.69, 9.17) is 25.5 Å². The van der Waals surface area contributed by atoms with E-state index in [2.05, 4.69) is 4.99 Å². The van der Waals surface area contributed by atoms with Gasteiger partial charge in [0.15, 0.2) is 5.70 Å². The van der Waals surface area contributed by atoms with Crippen LogP contribution in [0.2, 0.25) is 5.02 Å². The Morgan fingerprint density at radius 3 is 2.67 bits per heavy atom. The van der Waals surface area contributed by atoms with E-state index >= 15 is 0 Å². The van der Waals surface area contributed by atoms with Gasteiger partial charge >= 0.3 is 5.97 Å². The van der Waals surface area contributed by atoms with Crippen molar-refractivity contribution in [3.8, 4) is 17.1 Å². The van der Waals surface area contributed by atoms with Gasteiger partial charge in [-0.05, 0) is 42.5 Å². The normalized spacial score (nSPS) is 15.0. The molecule has 2 heterocycles. The molecule has 1 aliphatic heterocycles. The molecule has 0 saturated carbocycles. The van der Waals surface area contributed by atoms with Gasteiger partial charge in [0, 0.05) is 22.2 Å². The molecule has 0 amide bonds. The topological polar surface area (TPSA) is 61.0 Å². The molecular formula is C21H14ClNO4. The molecule has 6 heteroatoms. The van der Waals surface area contributed by atoms with Crippen molar-refractivity contribution < 1.29 is 18.7 Å². The number of furan rings is 1. The quantitative estimate of drug-likeness (QED) is 0.475. The molecule has 0 radical (unpaired) electrons. The fourth-order valence-corrected chi connectivity index (χ4v) is 2.84. The molecule has 0 bridgehead atoms. The molecule has 0 unspecified atom stereocenters. The third kappa shape index (κ3) is 3.64. The van der Waals surface area contributed by atoms with Crippen molar-refractivity contribution in [3.63, 3.8) is 0 Å². The second-order valence-electron chi connectivity index (χ2n) is 5.78. The molecule has 134 valence electrons. The van der Waals surface area contributed by atoms with Crippen molar-refractivity contribution in [3.05, 3.63) is 82.7 Å². The number of hydrogen-bond donors (Lipinski definition) is 0. The lowest BCUT2D eigenvalue weighted by atomic mass is 10.2. The maximum atomic E-state index is 12.1. The van der Waals surface area contributed by atoms with Crippen LogP contribution in [-0.4, -0.2) is 19.0 Å². The highest BCUT2D eigenvalue weighted by Gasteiger charge is 2.25. The second-order valence-corrected chi connectivity index (χ2v) is 6.22. The van der Waals surface area contributed by atoms with Crippen molar-refractivity contribution in [2.75, 3.05) is 7.11 Å². The van der Waals surface area contributed by atoms with E-state index in [-0.39, 0.29) is 11.6 Å². The number of cyclic esters (lactones) is 1. The largest absolute Gasteiger partial charge is 0.497 e. The zero-order valence-corrected chi connectivity index (χ0v) is 15.1. The van der Waals surface area contributed by atoms with Gasteiger partial charge in [0.1, 0.15) is 17.3 Å². The molecule has 3 aromatic rings. The van der Waals surface area contributed by atoms with E-state index in [0.29, 0.717) is 27.9 Å². The van der Waals surface area contributed by atoms with Crippen LogP contribution in [0.1, 0.15) is 11.3 Å². The van der Waals surface area contributed by atoms with Crippen LogP contribution in [0.4, 0.5) is 0 Å². The number of nitrogens with zero attached hydrogens (tertiary/aromatic N) is 1. The second kappa shape index (κ2) is 7.13. The third-order valence-electron chi connectivity index (χ3n) is 3.95. The predicted molar refractivity (Wildman–Crippen MR) is 103 cm³/mol. The highest BCUT2D eigenvalue weighted by Crippen LogP contribution is 2.27. The molecule has 2 aromatic carbocycles. The predicted octanol–water partition coefficient (Wildman–Crippen LogP) is 4.95. The van der Waals surface area contributed by atoms with E-state index in [0.717, 1.165) is 5.56 Å². The van der Waals surface area contributed by atoms with Crippen LogP contribution < -0.4 is 4.74 Å². The number of ether oxygens (including phenoxy) is 2. The molecule has 1 aliphatic rings. The van der Waals surface area contributed by atoms with E-state index in [1.165, 1.54) is 0 Å². The summed E-state index contributed by atoms with van der Waals surface area (Å²) in [4.78, 5) is 16.4. The van der Waals surface area contributed by atoms with Gasteiger partial charge in [0.2, 0.25) is 5.90 Å². The van der Waals surface area contributed by atoms with Gasteiger partial charge in [0.25, 0.3) is 0 Å². The van der Waals surface area contributed by atoms with E-state index in [9.17, 15) is 4.79 Å². The van der Waals surface area contributed by atoms with Gasteiger partial charge in [-0.25, -0.2) is 9.79 Å². The summed E-state index contributed by atoms with van der Waals surface area (Å²) in [5.74, 6) is 1.49. The van der Waals surface area contributed by atoms with Gasteiger partial charge in [-0.1, -0.05) is 29.8 Å². The van der Waals surface area contributed by atoms with Crippen molar-refractivity contribution in [1.29, 1.82) is 0 Å². The van der Waals surface area contributed by atoms with Crippen LogP contribution in [0.25, 0.3) is 17.4 Å². The first kappa shape index (κ1) is 17.1. The van der Waals surface area contributed by atoms with E-state index in [1.54, 1.807) is 55.7 Å². The first-order chi connectivity index (χ1) is 13.1. The van der Waals surface area contributed by atoms with Gasteiger partial charge in [-0.2, -0.15) is 0 Å². The summed E-state index contributed by atoms with van der Waals surface area (Å²) in [6.07, 6.45) is 1.55. The van der Waals surface area contributed by atoms with Gasteiger partial charge in [0.05, 0.1) is 7.11 Å². The molecule has 0 spiro atoms. The Labute approximate surface area is 160 Å². The highest BCUT2D eigenvalue weighted by molar-refractivity contribution is 6.30. The van der Waals surface area contributed by atoms with Crippen molar-refractivity contribution in [2.45, 2.75) is 0 Å². The average molecular weight is 380 g/mol. The monoisotopic (exact) mass is 379 g/mol. The standard InChI is InChI=1S/C21H14ClNO4/c1-25-16-7-3-5-14(11-16)20-23-18(21(24)27-20)12-17-8-9-19(26-17)13-4-2-6-15(22)10-13/h2-12H,1H3/b18-12-. The Bertz CT molecular complexity index is 1080. The molecule has 5 nitrogen and oxygen atoms in total. The number of carbonyl (C=O) groups excluding carboxylic acids is 1. The number of methoxy groups -OCH3 is 1. The summed E-state index contributed by atoms with van der Waals surface area (Å²) in [6, 6.07) is 18.1. The lowest BCUT2D eigenvalue weighted by Gasteiger charge is -2.02. The van der Waals surface area contributed by atoms with Crippen molar-refractivity contribution in [1.82, 2.24) is 0 Å². The number of carbonyl (C=O) groups is 1. The highest BCUT2D eigenvalue weighted by atomic mass is 35.5. The molecular weight excluding hydrogens is 366 g/mol. The number of benzene rings is 2. The molecule has 0 N–H and O–H groups in total. The Hall–Kier alpha value is -3.31. The number of esters is 1. The Balaban J connectivity index is 1.62. The van der Waals surface area contributed by atoms with Crippen LogP contribution in [-0.2, 0) is 9.53 Å². The smallest absolute Gasteiger partial charge is 0.363 e. The minimum Gasteiger partial charge on any atom is -0.497 e. The number of hydrogen-bond acceptors (Lipinski definition) is 5. The Morgan fingerprint density at radius 1 is 1.04 bits per heavy atom. The maximum Gasteiger partial charge on any atom is 0.363 e. The lowest BCUT2D eigenvalue weighted by Crippen LogP contribution is -2.05. The SMILES string of the molecule is COc1cccc(C2=N/C(=C\c3ccc(-c4cccc(Cl)c4)o3)C(=O)O2)c1. The lowest BCUT2D eigenvalue weighted by molar-refractivity contribution is -0.129. The first-order valence-corrected chi connectivity index (χ1v) is 8.53. The average Bonchev–Trinajstić information content (AvgIpc) is 3.29. The van der Waals surface area contributed by atoms with Crippen LogP contribution in [0.3, 0.4) is 0 Å². The zero-order chi connectivity index (χ0) is 18.8. The molecule has 4 rings (SSSR count). The Kier molecular flexibility index (Phi) is 4.52. The van der Waals surface area contributed by atoms with Crippen LogP contribution in [0.5, 0.6) is 5.75 Å². The zero-order valence-electron chi connectivity index (χ0n) is 14.3. The van der Waals surface area contributed by atoms with E-state index < -0.39 is 5.97 Å². The van der Waals surface area contributed by atoms with Crippen LogP contribution in [0, 0.1) is 0 Å². The molecule has 27 heavy (non-hydrogen) atoms. The number of aliphatic imine (C=N–C) groups is 1. The van der Waals surface area contributed by atoms with E-state index in [1.807, 2.05) is 18.2 Å². The van der Waals surface area contributed by atoms with Crippen molar-refractivity contribution >= 4 is 29.5 Å². The minimum absolute atomic E-state index is 0.166. The fraction of sp³-hybridized carbons (Fsp3) is 0.0476. The van der Waals surface area contributed by atoms with Gasteiger partial charge in [-0.15, -0.1) is 0 Å². The summed E-state index contributed by atoms with van der Waals surface area (Å²) in [5.41, 5.74) is 1.67. The number of halogens is 1. The third-order valence-corrected chi connectivity index (χ3v) is 4.19. The molecule has 0 saturated heterocycles. The first-order valence-electron chi connectivity index (χ1n) is 8.15. The summed E-state index contributed by atoms with van der Waals surface area (Å²) in [5, 5.41) is 0.621. The molecule has 0 aliphatic carbocycles. The van der Waals surface area contributed by atoms with Crippen LogP contribution in [0.15, 0.2) is 75.8 Å². The summed E-state index contributed by atoms with van der Waals surface area (Å²) >= 11 is 6.01. The summed E-state index contributed by atoms with van der Waals surface area (Å²) < 4.78 is 16.2. The van der Waals surface area contributed by atoms with Gasteiger partial charge < -0.3 is 13.9 Å². The summed E-state index contributed by atoms with van der Waals surface area (Å²) in [7, 11) is 1.57. The van der Waals surface area contributed by atoms with Crippen molar-refractivity contribution in [2.24, 2.45) is 4.99 Å². The van der Waals surface area contributed by atoms with Gasteiger partial charge in [-0.3, -0.25) is 0 Å². The molecule has 0 fully saturated rings. The summed E-state index contributed by atoms with van der Waals surface area (Å²) in [6.45, 7) is 0. The molecule has 0 atom stereocenters. The van der Waals surface area contributed by atoms with Crippen LogP contribution >= 0.6 is 11.6 Å².